The van der Waals surface area contributed by atoms with Gasteiger partial charge < -0.3 is 9.84 Å². The van der Waals surface area contributed by atoms with E-state index in [1.807, 2.05) is 19.2 Å². The lowest BCUT2D eigenvalue weighted by Gasteiger charge is -2.41. The van der Waals surface area contributed by atoms with Crippen molar-refractivity contribution in [2.45, 2.75) is 52.1 Å². The van der Waals surface area contributed by atoms with Crippen LogP contribution in [0.4, 0.5) is 0 Å². The Hall–Kier alpha value is -2.15. The summed E-state index contributed by atoms with van der Waals surface area (Å²) in [5.41, 5.74) is 1.05. The monoisotopic (exact) mass is 345 g/mol. The zero-order valence-corrected chi connectivity index (χ0v) is 15.3. The van der Waals surface area contributed by atoms with Crippen LogP contribution in [0, 0.1) is 6.92 Å². The van der Waals surface area contributed by atoms with Crippen LogP contribution in [0.1, 0.15) is 54.9 Å². The molecule has 136 valence electrons. The number of aryl methyl sites for hydroxylation is 1. The second-order valence-corrected chi connectivity index (χ2v) is 7.31. The summed E-state index contributed by atoms with van der Waals surface area (Å²) in [7, 11) is 0. The predicted molar refractivity (Wildman–Crippen MR) is 94.4 cm³/mol. The molecule has 0 aromatic carbocycles. The van der Waals surface area contributed by atoms with E-state index in [1.165, 1.54) is 19.3 Å². The van der Waals surface area contributed by atoms with Crippen LogP contribution < -0.4 is 5.32 Å². The maximum absolute atomic E-state index is 12.7. The molecule has 2 aromatic heterocycles. The molecule has 2 aromatic rings. The predicted octanol–water partition coefficient (Wildman–Crippen LogP) is 2.22. The van der Waals surface area contributed by atoms with Crippen molar-refractivity contribution in [2.24, 2.45) is 0 Å². The fourth-order valence-electron chi connectivity index (χ4n) is 3.30. The molecule has 3 heterocycles. The van der Waals surface area contributed by atoms with Gasteiger partial charge in [0.05, 0.1) is 6.54 Å². The maximum atomic E-state index is 12.7. The Balaban J connectivity index is 1.65. The van der Waals surface area contributed by atoms with Crippen LogP contribution in [0.2, 0.25) is 0 Å². The van der Waals surface area contributed by atoms with Crippen LogP contribution in [0.15, 0.2) is 23.0 Å². The Labute approximate surface area is 148 Å². The summed E-state index contributed by atoms with van der Waals surface area (Å²) < 4.78 is 7.01. The van der Waals surface area contributed by atoms with Crippen molar-refractivity contribution >= 4 is 5.91 Å². The normalized spacial score (nSPS) is 16.1. The molecule has 0 saturated carbocycles. The molecule has 1 saturated heterocycles. The standard InChI is InChI=1S/C18H27N5O2/c1-14-15(12-23-11-7-8-20-23)16(21-25-14)17(24)19-13-18(2,3)22-9-5-4-6-10-22/h7-8,11H,4-6,9-10,12-13H2,1-3H3,(H,19,24). The Morgan fingerprint density at radius 1 is 1.32 bits per heavy atom. The van der Waals surface area contributed by atoms with E-state index in [4.69, 9.17) is 4.52 Å². The average Bonchev–Trinajstić information content (AvgIpc) is 3.25. The molecule has 0 aliphatic carbocycles. The zero-order chi connectivity index (χ0) is 17.9. The molecular weight excluding hydrogens is 318 g/mol. The smallest absolute Gasteiger partial charge is 0.273 e. The molecule has 7 nitrogen and oxygen atoms in total. The summed E-state index contributed by atoms with van der Waals surface area (Å²) in [5, 5.41) is 11.2. The molecule has 0 atom stereocenters. The summed E-state index contributed by atoms with van der Waals surface area (Å²) in [6.45, 7) is 9.42. The number of rotatable bonds is 6. The number of carbonyl (C=O) groups is 1. The van der Waals surface area contributed by atoms with Gasteiger partial charge in [-0.05, 0) is 52.8 Å². The van der Waals surface area contributed by atoms with Gasteiger partial charge in [-0.25, -0.2) is 0 Å². The Kier molecular flexibility index (Phi) is 5.22. The number of nitrogens with zero attached hydrogens (tertiary/aromatic N) is 4. The van der Waals surface area contributed by atoms with E-state index in [9.17, 15) is 4.79 Å². The molecule has 3 rings (SSSR count). The first kappa shape index (κ1) is 17.7. The number of likely N-dealkylation sites (tertiary alicyclic amines) is 1. The third-order valence-corrected chi connectivity index (χ3v) is 4.97. The van der Waals surface area contributed by atoms with E-state index < -0.39 is 0 Å². The van der Waals surface area contributed by atoms with Gasteiger partial charge in [0, 0.05) is 30.0 Å². The van der Waals surface area contributed by atoms with Crippen molar-refractivity contribution in [3.8, 4) is 0 Å². The van der Waals surface area contributed by atoms with Gasteiger partial charge in [0.2, 0.25) is 0 Å². The minimum Gasteiger partial charge on any atom is -0.361 e. The molecule has 1 aliphatic rings. The maximum Gasteiger partial charge on any atom is 0.273 e. The van der Waals surface area contributed by atoms with E-state index in [0.717, 1.165) is 18.7 Å². The number of amides is 1. The lowest BCUT2D eigenvalue weighted by atomic mass is 9.98. The second-order valence-electron chi connectivity index (χ2n) is 7.31. The van der Waals surface area contributed by atoms with Crippen molar-refractivity contribution in [1.82, 2.24) is 25.2 Å². The fourth-order valence-corrected chi connectivity index (χ4v) is 3.30. The van der Waals surface area contributed by atoms with Gasteiger partial charge in [0.1, 0.15) is 5.76 Å². The SMILES string of the molecule is Cc1onc(C(=O)NCC(C)(C)N2CCCCC2)c1Cn1cccn1. The minimum absolute atomic E-state index is 0.0724. The summed E-state index contributed by atoms with van der Waals surface area (Å²) >= 11 is 0. The van der Waals surface area contributed by atoms with Crippen LogP contribution in [0.5, 0.6) is 0 Å². The molecule has 1 N–H and O–H groups in total. The summed E-state index contributed by atoms with van der Waals surface area (Å²) in [6, 6.07) is 1.85. The van der Waals surface area contributed by atoms with Gasteiger partial charge in [-0.1, -0.05) is 11.6 Å². The number of carbonyl (C=O) groups excluding carboxylic acids is 1. The highest BCUT2D eigenvalue weighted by Crippen LogP contribution is 2.20. The number of aromatic nitrogens is 3. The Bertz CT molecular complexity index is 699. The minimum atomic E-state index is -0.191. The van der Waals surface area contributed by atoms with E-state index in [-0.39, 0.29) is 11.4 Å². The number of piperidine rings is 1. The quantitative estimate of drug-likeness (QED) is 0.869. The van der Waals surface area contributed by atoms with Gasteiger partial charge in [-0.15, -0.1) is 0 Å². The van der Waals surface area contributed by atoms with Gasteiger partial charge >= 0.3 is 0 Å². The average molecular weight is 345 g/mol. The number of hydrogen-bond acceptors (Lipinski definition) is 5. The zero-order valence-electron chi connectivity index (χ0n) is 15.3. The molecule has 0 unspecified atom stereocenters. The van der Waals surface area contributed by atoms with Gasteiger partial charge in [0.25, 0.3) is 5.91 Å². The van der Waals surface area contributed by atoms with Crippen molar-refractivity contribution in [1.29, 1.82) is 0 Å². The molecular formula is C18H27N5O2. The molecule has 25 heavy (non-hydrogen) atoms. The molecule has 1 amide bonds. The number of nitrogens with one attached hydrogen (secondary N) is 1. The van der Waals surface area contributed by atoms with E-state index in [1.54, 1.807) is 10.9 Å². The molecule has 0 spiro atoms. The van der Waals surface area contributed by atoms with E-state index in [0.29, 0.717) is 24.5 Å². The number of hydrogen-bond donors (Lipinski definition) is 1. The fraction of sp³-hybridized carbons (Fsp3) is 0.611. The molecule has 7 heteroatoms. The summed E-state index contributed by atoms with van der Waals surface area (Å²) in [5.74, 6) is 0.458. The topological polar surface area (TPSA) is 76.2 Å². The summed E-state index contributed by atoms with van der Waals surface area (Å²) in [4.78, 5) is 15.1. The van der Waals surface area contributed by atoms with Crippen LogP contribution >= 0.6 is 0 Å². The first-order valence-corrected chi connectivity index (χ1v) is 8.93. The van der Waals surface area contributed by atoms with Crippen LogP contribution in [0.3, 0.4) is 0 Å². The molecule has 0 bridgehead atoms. The van der Waals surface area contributed by atoms with Crippen LogP contribution in [-0.2, 0) is 6.54 Å². The van der Waals surface area contributed by atoms with Crippen LogP contribution in [0.25, 0.3) is 0 Å². The largest absolute Gasteiger partial charge is 0.361 e. The lowest BCUT2D eigenvalue weighted by molar-refractivity contribution is 0.0791. The van der Waals surface area contributed by atoms with Crippen LogP contribution in [-0.4, -0.2) is 50.9 Å². The first-order valence-electron chi connectivity index (χ1n) is 8.93. The van der Waals surface area contributed by atoms with Crippen molar-refractivity contribution in [3.05, 3.63) is 35.5 Å². The molecule has 1 aliphatic heterocycles. The van der Waals surface area contributed by atoms with Gasteiger partial charge in [0.15, 0.2) is 5.69 Å². The van der Waals surface area contributed by atoms with Crippen molar-refractivity contribution in [3.63, 3.8) is 0 Å². The molecule has 1 fully saturated rings. The van der Waals surface area contributed by atoms with Gasteiger partial charge in [-0.2, -0.15) is 5.10 Å². The highest BCUT2D eigenvalue weighted by Gasteiger charge is 2.29. The summed E-state index contributed by atoms with van der Waals surface area (Å²) in [6.07, 6.45) is 7.33. The third kappa shape index (κ3) is 4.10. The Morgan fingerprint density at radius 2 is 2.08 bits per heavy atom. The lowest BCUT2D eigenvalue weighted by Crippen LogP contribution is -2.53. The molecule has 0 radical (unpaired) electrons. The third-order valence-electron chi connectivity index (χ3n) is 4.97. The van der Waals surface area contributed by atoms with Crippen molar-refractivity contribution < 1.29 is 9.32 Å². The van der Waals surface area contributed by atoms with Crippen molar-refractivity contribution in [2.75, 3.05) is 19.6 Å². The highest BCUT2D eigenvalue weighted by atomic mass is 16.5. The Morgan fingerprint density at radius 3 is 2.76 bits per heavy atom. The van der Waals surface area contributed by atoms with Gasteiger partial charge in [-0.3, -0.25) is 14.4 Å². The highest BCUT2D eigenvalue weighted by molar-refractivity contribution is 5.93. The second kappa shape index (κ2) is 7.39. The first-order chi connectivity index (χ1) is 12.0. The van der Waals surface area contributed by atoms with E-state index in [2.05, 4.69) is 34.3 Å². The van der Waals surface area contributed by atoms with E-state index >= 15 is 0 Å².